The van der Waals surface area contributed by atoms with Gasteiger partial charge in [-0.3, -0.25) is 0 Å². The third kappa shape index (κ3) is 2.01. The summed E-state index contributed by atoms with van der Waals surface area (Å²) in [7, 11) is 1.86. The summed E-state index contributed by atoms with van der Waals surface area (Å²) in [5.74, 6) is -0.648. The molecule has 0 saturated carbocycles. The van der Waals surface area contributed by atoms with Crippen molar-refractivity contribution in [3.05, 3.63) is 30.1 Å². The fraction of sp³-hybridized carbons (Fsp3) is 0.333. The number of nitrogens with zero attached hydrogens (tertiary/aromatic N) is 2. The SMILES string of the molecule is CCOC(=O)C(O)c1cccc2c1ncn2C. The van der Waals surface area contributed by atoms with Gasteiger partial charge >= 0.3 is 5.97 Å². The van der Waals surface area contributed by atoms with E-state index in [1.54, 1.807) is 25.4 Å². The summed E-state index contributed by atoms with van der Waals surface area (Å²) in [6.45, 7) is 1.94. The van der Waals surface area contributed by atoms with E-state index in [2.05, 4.69) is 4.98 Å². The molecule has 0 amide bonds. The number of benzene rings is 1. The van der Waals surface area contributed by atoms with Crippen molar-refractivity contribution in [3.63, 3.8) is 0 Å². The van der Waals surface area contributed by atoms with Gasteiger partial charge in [0.05, 0.1) is 24.0 Å². The predicted octanol–water partition coefficient (Wildman–Crippen LogP) is 1.17. The van der Waals surface area contributed by atoms with Crippen LogP contribution in [0, 0.1) is 0 Å². The standard InChI is InChI=1S/C12H14N2O3/c1-3-17-12(16)11(15)8-5-4-6-9-10(8)13-7-14(9)2/h4-7,11,15H,3H2,1-2H3. The first-order valence-corrected chi connectivity index (χ1v) is 5.39. The Morgan fingerprint density at radius 2 is 2.35 bits per heavy atom. The largest absolute Gasteiger partial charge is 0.464 e. The van der Waals surface area contributed by atoms with E-state index >= 15 is 0 Å². The highest BCUT2D eigenvalue weighted by molar-refractivity contribution is 5.86. The maximum atomic E-state index is 11.5. The van der Waals surface area contributed by atoms with Crippen molar-refractivity contribution in [1.29, 1.82) is 0 Å². The van der Waals surface area contributed by atoms with Gasteiger partial charge in [-0.25, -0.2) is 9.78 Å². The summed E-state index contributed by atoms with van der Waals surface area (Å²) in [6.07, 6.45) is 0.361. The van der Waals surface area contributed by atoms with E-state index in [1.165, 1.54) is 0 Å². The zero-order valence-corrected chi connectivity index (χ0v) is 9.75. The van der Waals surface area contributed by atoms with Gasteiger partial charge in [-0.05, 0) is 13.0 Å². The van der Waals surface area contributed by atoms with Crippen LogP contribution in [0.4, 0.5) is 0 Å². The van der Waals surface area contributed by atoms with Crippen molar-refractivity contribution in [2.24, 2.45) is 7.05 Å². The fourth-order valence-corrected chi connectivity index (χ4v) is 1.75. The fourth-order valence-electron chi connectivity index (χ4n) is 1.75. The van der Waals surface area contributed by atoms with Gasteiger partial charge in [0.15, 0.2) is 6.10 Å². The number of aliphatic hydroxyl groups is 1. The lowest BCUT2D eigenvalue weighted by Gasteiger charge is -2.10. The summed E-state index contributed by atoms with van der Waals surface area (Å²) in [5.41, 5.74) is 1.96. The number of hydrogen-bond acceptors (Lipinski definition) is 4. The highest BCUT2D eigenvalue weighted by atomic mass is 16.5. The number of carbonyl (C=O) groups is 1. The van der Waals surface area contributed by atoms with E-state index in [9.17, 15) is 9.90 Å². The third-order valence-corrected chi connectivity index (χ3v) is 2.59. The number of para-hydroxylation sites is 1. The Kier molecular flexibility index (Phi) is 3.10. The average molecular weight is 234 g/mol. The Hall–Kier alpha value is -1.88. The number of fused-ring (bicyclic) bond motifs is 1. The second-order valence-electron chi connectivity index (χ2n) is 3.73. The van der Waals surface area contributed by atoms with Crippen LogP contribution in [0.15, 0.2) is 24.5 Å². The predicted molar refractivity (Wildman–Crippen MR) is 62.3 cm³/mol. The molecule has 1 N–H and O–H groups in total. The number of imidazole rings is 1. The van der Waals surface area contributed by atoms with Gasteiger partial charge in [-0.15, -0.1) is 0 Å². The number of hydrogen-bond donors (Lipinski definition) is 1. The van der Waals surface area contributed by atoms with Crippen molar-refractivity contribution in [2.45, 2.75) is 13.0 Å². The van der Waals surface area contributed by atoms with Gasteiger partial charge in [0.2, 0.25) is 0 Å². The van der Waals surface area contributed by atoms with E-state index < -0.39 is 12.1 Å². The molecule has 0 fully saturated rings. The number of aromatic nitrogens is 2. The van der Waals surface area contributed by atoms with Crippen LogP contribution >= 0.6 is 0 Å². The molecule has 0 aliphatic carbocycles. The van der Waals surface area contributed by atoms with Crippen molar-refractivity contribution in [3.8, 4) is 0 Å². The molecule has 1 aromatic carbocycles. The number of rotatable bonds is 3. The molecular formula is C12H14N2O3. The van der Waals surface area contributed by atoms with Crippen LogP contribution in [0.3, 0.4) is 0 Å². The number of aryl methyl sites for hydroxylation is 1. The molecule has 1 aromatic heterocycles. The first kappa shape index (κ1) is 11.6. The molecule has 90 valence electrons. The maximum absolute atomic E-state index is 11.5. The molecule has 0 saturated heterocycles. The van der Waals surface area contributed by atoms with Crippen LogP contribution in [-0.2, 0) is 16.6 Å². The van der Waals surface area contributed by atoms with Crippen LogP contribution in [0.25, 0.3) is 11.0 Å². The second-order valence-corrected chi connectivity index (χ2v) is 3.73. The smallest absolute Gasteiger partial charge is 0.339 e. The summed E-state index contributed by atoms with van der Waals surface area (Å²) in [4.78, 5) is 15.7. The number of carbonyl (C=O) groups excluding carboxylic acids is 1. The molecule has 1 unspecified atom stereocenters. The molecule has 0 aliphatic heterocycles. The molecule has 5 heteroatoms. The van der Waals surface area contributed by atoms with Gasteiger partial charge in [-0.1, -0.05) is 12.1 Å². The van der Waals surface area contributed by atoms with Crippen LogP contribution in [0.5, 0.6) is 0 Å². The molecular weight excluding hydrogens is 220 g/mol. The molecule has 17 heavy (non-hydrogen) atoms. The minimum absolute atomic E-state index is 0.244. The highest BCUT2D eigenvalue weighted by Gasteiger charge is 2.21. The molecule has 1 heterocycles. The van der Waals surface area contributed by atoms with Crippen LogP contribution in [0.1, 0.15) is 18.6 Å². The van der Waals surface area contributed by atoms with Gasteiger partial charge in [0, 0.05) is 12.6 Å². The van der Waals surface area contributed by atoms with Gasteiger partial charge in [-0.2, -0.15) is 0 Å². The molecule has 0 spiro atoms. The second kappa shape index (κ2) is 4.55. The summed E-state index contributed by atoms with van der Waals surface area (Å²) in [6, 6.07) is 5.34. The Labute approximate surface area is 98.6 Å². The van der Waals surface area contributed by atoms with Crippen LogP contribution in [-0.4, -0.2) is 27.2 Å². The normalized spacial score (nSPS) is 12.6. The number of esters is 1. The van der Waals surface area contributed by atoms with Crippen LogP contribution in [0.2, 0.25) is 0 Å². The maximum Gasteiger partial charge on any atom is 0.339 e. The average Bonchev–Trinajstić information content (AvgIpc) is 2.71. The minimum Gasteiger partial charge on any atom is -0.464 e. The molecule has 2 aromatic rings. The highest BCUT2D eigenvalue weighted by Crippen LogP contribution is 2.23. The zero-order chi connectivity index (χ0) is 12.4. The molecule has 2 rings (SSSR count). The Bertz CT molecular complexity index is 548. The van der Waals surface area contributed by atoms with Crippen molar-refractivity contribution in [1.82, 2.24) is 9.55 Å². The van der Waals surface area contributed by atoms with Crippen molar-refractivity contribution in [2.75, 3.05) is 6.61 Å². The molecule has 5 nitrogen and oxygen atoms in total. The van der Waals surface area contributed by atoms with Crippen molar-refractivity contribution >= 4 is 17.0 Å². The zero-order valence-electron chi connectivity index (χ0n) is 9.75. The van der Waals surface area contributed by atoms with Gasteiger partial charge in [0.1, 0.15) is 0 Å². The molecule has 0 aliphatic rings. The third-order valence-electron chi connectivity index (χ3n) is 2.59. The minimum atomic E-state index is -1.28. The summed E-state index contributed by atoms with van der Waals surface area (Å²) >= 11 is 0. The lowest BCUT2D eigenvalue weighted by Crippen LogP contribution is -2.15. The van der Waals surface area contributed by atoms with E-state index in [1.807, 2.05) is 17.7 Å². The summed E-state index contributed by atoms with van der Waals surface area (Å²) in [5, 5.41) is 9.90. The van der Waals surface area contributed by atoms with Gasteiger partial charge in [0.25, 0.3) is 0 Å². The Morgan fingerprint density at radius 1 is 1.59 bits per heavy atom. The lowest BCUT2D eigenvalue weighted by atomic mass is 10.1. The molecule has 0 bridgehead atoms. The first-order chi connectivity index (χ1) is 8.15. The van der Waals surface area contributed by atoms with E-state index in [-0.39, 0.29) is 6.61 Å². The monoisotopic (exact) mass is 234 g/mol. The molecule has 0 radical (unpaired) electrons. The lowest BCUT2D eigenvalue weighted by molar-refractivity contribution is -0.153. The van der Waals surface area contributed by atoms with E-state index in [0.29, 0.717) is 11.1 Å². The summed E-state index contributed by atoms with van der Waals surface area (Å²) < 4.78 is 6.62. The van der Waals surface area contributed by atoms with Gasteiger partial charge < -0.3 is 14.4 Å². The van der Waals surface area contributed by atoms with Crippen molar-refractivity contribution < 1.29 is 14.6 Å². The quantitative estimate of drug-likeness (QED) is 0.810. The first-order valence-electron chi connectivity index (χ1n) is 5.39. The number of aliphatic hydroxyl groups excluding tert-OH is 1. The topological polar surface area (TPSA) is 64.3 Å². The van der Waals surface area contributed by atoms with E-state index in [4.69, 9.17) is 4.74 Å². The number of ether oxygens (including phenoxy) is 1. The Morgan fingerprint density at radius 3 is 3.06 bits per heavy atom. The van der Waals surface area contributed by atoms with Crippen LogP contribution < -0.4 is 0 Å². The Balaban J connectivity index is 2.45. The van der Waals surface area contributed by atoms with E-state index in [0.717, 1.165) is 5.52 Å². The molecule has 1 atom stereocenters.